The summed E-state index contributed by atoms with van der Waals surface area (Å²) in [7, 11) is 0. The Morgan fingerprint density at radius 3 is 2.62 bits per heavy atom. The minimum atomic E-state index is -1.65. The smallest absolute Gasteiger partial charge is 0.255 e. The van der Waals surface area contributed by atoms with Crippen LogP contribution in [0.2, 0.25) is 0 Å². The average Bonchev–Trinajstić information content (AvgIpc) is 3.38. The van der Waals surface area contributed by atoms with E-state index in [9.17, 15) is 24.3 Å². The van der Waals surface area contributed by atoms with Gasteiger partial charge in [-0.15, -0.1) is 0 Å². The van der Waals surface area contributed by atoms with Gasteiger partial charge in [0.25, 0.3) is 5.91 Å². The van der Waals surface area contributed by atoms with Gasteiger partial charge in [-0.25, -0.2) is 8.91 Å². The largest absolute Gasteiger partial charge is 0.387 e. The zero-order valence-electron chi connectivity index (χ0n) is 24.2. The van der Waals surface area contributed by atoms with Crippen LogP contribution in [0.1, 0.15) is 68.8 Å². The highest BCUT2D eigenvalue weighted by molar-refractivity contribution is 6.00. The van der Waals surface area contributed by atoms with E-state index < -0.39 is 17.7 Å². The molecule has 0 spiro atoms. The molecular weight excluding hydrogens is 539 g/mol. The first-order valence-corrected chi connectivity index (χ1v) is 14.4. The van der Waals surface area contributed by atoms with Crippen LogP contribution in [0, 0.1) is 22.7 Å². The average molecular weight is 577 g/mol. The number of fused-ring (bicyclic) bond motifs is 1. The number of hydrogen-bond donors (Lipinski definition) is 3. The number of pyridine rings is 1. The van der Waals surface area contributed by atoms with E-state index in [1.54, 1.807) is 16.6 Å². The number of alkyl halides is 1. The molecule has 0 bridgehead atoms. The summed E-state index contributed by atoms with van der Waals surface area (Å²) in [6.45, 7) is 5.34. The minimum absolute atomic E-state index is 0.0754. The second-order valence-corrected chi connectivity index (χ2v) is 12.4. The second kappa shape index (κ2) is 11.8. The molecule has 11 heteroatoms. The van der Waals surface area contributed by atoms with Crippen LogP contribution in [0.4, 0.5) is 10.1 Å². The molecule has 2 fully saturated rings. The lowest BCUT2D eigenvalue weighted by atomic mass is 9.76. The highest BCUT2D eigenvalue weighted by Gasteiger charge is 2.41. The Morgan fingerprint density at radius 2 is 1.98 bits per heavy atom. The topological polar surface area (TPSA) is 142 Å². The molecular formula is C31H37FN6O4. The Kier molecular flexibility index (Phi) is 8.30. The van der Waals surface area contributed by atoms with Gasteiger partial charge in [-0.05, 0) is 76.6 Å². The van der Waals surface area contributed by atoms with Crippen LogP contribution >= 0.6 is 0 Å². The van der Waals surface area contributed by atoms with E-state index in [0.29, 0.717) is 48.2 Å². The molecule has 5 rings (SSSR count). The van der Waals surface area contributed by atoms with Crippen molar-refractivity contribution in [2.24, 2.45) is 11.3 Å². The Labute approximate surface area is 244 Å². The molecule has 2 aliphatic rings. The van der Waals surface area contributed by atoms with Crippen molar-refractivity contribution in [3.05, 3.63) is 47.8 Å². The molecule has 1 saturated carbocycles. The van der Waals surface area contributed by atoms with Crippen molar-refractivity contribution < 1.29 is 23.8 Å². The number of hydrogen-bond acceptors (Lipinski definition) is 8. The number of Topliss-reactive ketones (excluding diaryl/α,β-unsaturated/α-hetero) is 1. The molecule has 0 radical (unpaired) electrons. The Bertz CT molecular complexity index is 1510. The SMILES string of the molecule is CC1(C(=O)CC2CCC(Nc3cc(-c4ccc5cc(C#N)cnn45)ncc3C(=O)NC[C@@H](F)C(C)(C)O)CC2)COC1. The summed E-state index contributed by atoms with van der Waals surface area (Å²) in [4.78, 5) is 30.5. The van der Waals surface area contributed by atoms with E-state index >= 15 is 0 Å². The summed E-state index contributed by atoms with van der Waals surface area (Å²) < 4.78 is 21.3. The highest BCUT2D eigenvalue weighted by atomic mass is 19.1. The molecule has 3 N–H and O–H groups in total. The van der Waals surface area contributed by atoms with Crippen LogP contribution in [-0.2, 0) is 9.53 Å². The second-order valence-electron chi connectivity index (χ2n) is 12.4. The zero-order valence-corrected chi connectivity index (χ0v) is 24.2. The lowest BCUT2D eigenvalue weighted by molar-refractivity contribution is -0.156. The number of carbonyl (C=O) groups excluding carboxylic acids is 2. The van der Waals surface area contributed by atoms with E-state index in [1.807, 2.05) is 19.1 Å². The van der Waals surface area contributed by atoms with E-state index in [0.717, 1.165) is 31.2 Å². The van der Waals surface area contributed by atoms with Crippen LogP contribution < -0.4 is 10.6 Å². The van der Waals surface area contributed by atoms with Gasteiger partial charge in [0.05, 0.1) is 70.7 Å². The predicted octanol–water partition coefficient (Wildman–Crippen LogP) is 4.07. The van der Waals surface area contributed by atoms with Crippen molar-refractivity contribution in [3.8, 4) is 17.5 Å². The number of aliphatic hydroxyl groups is 1. The summed E-state index contributed by atoms with van der Waals surface area (Å²) in [6, 6.07) is 9.37. The maximum Gasteiger partial charge on any atom is 0.255 e. The number of anilines is 1. The number of nitriles is 1. The number of rotatable bonds is 10. The van der Waals surface area contributed by atoms with Crippen molar-refractivity contribution in [1.82, 2.24) is 19.9 Å². The van der Waals surface area contributed by atoms with E-state index in [-0.39, 0.29) is 29.3 Å². The van der Waals surface area contributed by atoms with Gasteiger partial charge >= 0.3 is 0 Å². The third-order valence-corrected chi connectivity index (χ3v) is 8.44. The first kappa shape index (κ1) is 29.6. The van der Waals surface area contributed by atoms with Crippen LogP contribution in [0.25, 0.3) is 16.9 Å². The maximum absolute atomic E-state index is 14.4. The lowest BCUT2D eigenvalue weighted by Crippen LogP contribution is -2.47. The fourth-order valence-corrected chi connectivity index (χ4v) is 5.49. The number of nitrogens with one attached hydrogen (secondary N) is 2. The quantitative estimate of drug-likeness (QED) is 0.328. The van der Waals surface area contributed by atoms with Gasteiger partial charge in [-0.2, -0.15) is 10.4 Å². The molecule has 1 aliphatic heterocycles. The van der Waals surface area contributed by atoms with E-state index in [4.69, 9.17) is 4.74 Å². The lowest BCUT2D eigenvalue weighted by Gasteiger charge is -2.38. The number of amides is 1. The third kappa shape index (κ3) is 6.30. The Morgan fingerprint density at radius 1 is 1.24 bits per heavy atom. The molecule has 4 heterocycles. The van der Waals surface area contributed by atoms with Crippen LogP contribution in [0.3, 0.4) is 0 Å². The standard InChI is InChI=1S/C31H37FN6O4/c1-30(2,41)27(32)16-35-29(40)23-15-34-25(26-9-8-22-10-20(13-33)14-36-38(22)26)12-24(23)37-21-6-4-19(5-7-21)11-28(39)31(3)17-42-18-31/h8-10,12,14-15,19,21,27,41H,4-7,11,16-18H2,1-3H3,(H,34,37)(H,35,40)/t19?,21?,27-/m1/s1. The van der Waals surface area contributed by atoms with Crippen LogP contribution in [0.5, 0.6) is 0 Å². The van der Waals surface area contributed by atoms with Crippen LogP contribution in [0.15, 0.2) is 36.7 Å². The highest BCUT2D eigenvalue weighted by Crippen LogP contribution is 2.35. The maximum atomic E-state index is 14.4. The van der Waals surface area contributed by atoms with Crippen molar-refractivity contribution >= 4 is 22.9 Å². The summed E-state index contributed by atoms with van der Waals surface area (Å²) in [6.07, 6.45) is 5.31. The van der Waals surface area contributed by atoms with E-state index in [2.05, 4.69) is 26.8 Å². The molecule has 3 aromatic rings. The number of nitrogens with zero attached hydrogens (tertiary/aromatic N) is 4. The van der Waals surface area contributed by atoms with Gasteiger partial charge in [0, 0.05) is 18.7 Å². The first-order valence-electron chi connectivity index (χ1n) is 14.4. The molecule has 1 amide bonds. The minimum Gasteiger partial charge on any atom is -0.387 e. The summed E-state index contributed by atoms with van der Waals surface area (Å²) >= 11 is 0. The van der Waals surface area contributed by atoms with E-state index in [1.165, 1.54) is 26.2 Å². The fourth-order valence-electron chi connectivity index (χ4n) is 5.49. The molecule has 10 nitrogen and oxygen atoms in total. The number of ketones is 1. The number of carbonyl (C=O) groups is 2. The van der Waals surface area contributed by atoms with Crippen molar-refractivity contribution in [1.29, 1.82) is 5.26 Å². The Hall–Kier alpha value is -3.88. The van der Waals surface area contributed by atoms with Gasteiger partial charge < -0.3 is 20.5 Å². The van der Waals surface area contributed by atoms with Crippen LogP contribution in [-0.4, -0.2) is 69.0 Å². The van der Waals surface area contributed by atoms with Gasteiger partial charge in [0.1, 0.15) is 18.0 Å². The molecule has 1 aliphatic carbocycles. The van der Waals surface area contributed by atoms with Crippen molar-refractivity contribution in [2.75, 3.05) is 25.1 Å². The molecule has 0 aromatic carbocycles. The molecule has 0 unspecified atom stereocenters. The normalized spacial score (nSPS) is 20.8. The number of ether oxygens (including phenoxy) is 1. The summed E-state index contributed by atoms with van der Waals surface area (Å²) in [5.74, 6) is 0.0917. The predicted molar refractivity (Wildman–Crippen MR) is 155 cm³/mol. The monoisotopic (exact) mass is 576 g/mol. The molecule has 1 saturated heterocycles. The van der Waals surface area contributed by atoms with Gasteiger partial charge in [-0.1, -0.05) is 0 Å². The fraction of sp³-hybridized carbons (Fsp3) is 0.516. The molecule has 42 heavy (non-hydrogen) atoms. The van der Waals surface area contributed by atoms with Gasteiger partial charge in [0.15, 0.2) is 0 Å². The number of aromatic nitrogens is 3. The zero-order chi connectivity index (χ0) is 30.1. The first-order chi connectivity index (χ1) is 20.0. The van der Waals surface area contributed by atoms with Gasteiger partial charge in [-0.3, -0.25) is 14.6 Å². The third-order valence-electron chi connectivity index (χ3n) is 8.44. The summed E-state index contributed by atoms with van der Waals surface area (Å²) in [5.41, 5.74) is 1.32. The van der Waals surface area contributed by atoms with Gasteiger partial charge in [0.2, 0.25) is 0 Å². The summed E-state index contributed by atoms with van der Waals surface area (Å²) in [5, 5.41) is 29.6. The molecule has 3 aromatic heterocycles. The van der Waals surface area contributed by atoms with Crippen molar-refractivity contribution in [3.63, 3.8) is 0 Å². The molecule has 1 atom stereocenters. The Balaban J connectivity index is 1.35. The molecule has 222 valence electrons. The van der Waals surface area contributed by atoms with Crippen molar-refractivity contribution in [2.45, 2.75) is 70.7 Å². The number of halogens is 1.